The fourth-order valence-electron chi connectivity index (χ4n) is 1.54. The Hall–Kier alpha value is -2.36. The van der Waals surface area contributed by atoms with Crippen LogP contribution in [0.25, 0.3) is 0 Å². The molecule has 0 spiro atoms. The van der Waals surface area contributed by atoms with E-state index in [4.69, 9.17) is 4.74 Å². The van der Waals surface area contributed by atoms with Gasteiger partial charge < -0.3 is 10.1 Å². The van der Waals surface area contributed by atoms with Gasteiger partial charge in [0.2, 0.25) is 0 Å². The van der Waals surface area contributed by atoms with Crippen LogP contribution in [0.15, 0.2) is 47.6 Å². The Labute approximate surface area is 106 Å². The zero-order chi connectivity index (χ0) is 12.8. The minimum Gasteiger partial charge on any atom is -0.493 e. The Morgan fingerprint density at radius 3 is 2.72 bits per heavy atom. The van der Waals surface area contributed by atoms with Gasteiger partial charge in [0.15, 0.2) is 11.6 Å². The van der Waals surface area contributed by atoms with Crippen LogP contribution in [0.3, 0.4) is 0 Å². The molecule has 1 heterocycles. The maximum atomic E-state index is 5.23. The maximum absolute atomic E-state index is 5.23. The molecule has 0 saturated carbocycles. The van der Waals surface area contributed by atoms with E-state index in [-0.39, 0.29) is 0 Å². The van der Waals surface area contributed by atoms with Crippen molar-refractivity contribution in [1.82, 2.24) is 4.98 Å². The van der Waals surface area contributed by atoms with E-state index in [1.165, 1.54) is 0 Å². The second-order valence-electron chi connectivity index (χ2n) is 3.66. The SMILES string of the molecule is CNc1ncc(N=Cc2ccccc2)cc1OC. The Morgan fingerprint density at radius 2 is 2.06 bits per heavy atom. The number of methoxy groups -OCH3 is 1. The molecule has 0 radical (unpaired) electrons. The highest BCUT2D eigenvalue weighted by molar-refractivity contribution is 5.82. The number of aliphatic imine (C=N–C) groups is 1. The summed E-state index contributed by atoms with van der Waals surface area (Å²) >= 11 is 0. The minimum atomic E-state index is 0.681. The van der Waals surface area contributed by atoms with Gasteiger partial charge in [0, 0.05) is 19.3 Å². The van der Waals surface area contributed by atoms with Crippen molar-refractivity contribution in [3.05, 3.63) is 48.2 Å². The number of anilines is 1. The number of ether oxygens (including phenoxy) is 1. The van der Waals surface area contributed by atoms with Crippen molar-refractivity contribution in [2.24, 2.45) is 4.99 Å². The number of rotatable bonds is 4. The van der Waals surface area contributed by atoms with E-state index in [1.807, 2.05) is 36.4 Å². The lowest BCUT2D eigenvalue weighted by Crippen LogP contribution is -1.95. The van der Waals surface area contributed by atoms with E-state index in [0.29, 0.717) is 11.6 Å². The second-order valence-corrected chi connectivity index (χ2v) is 3.66. The van der Waals surface area contributed by atoms with Gasteiger partial charge in [-0.3, -0.25) is 4.99 Å². The highest BCUT2D eigenvalue weighted by Gasteiger charge is 2.02. The minimum absolute atomic E-state index is 0.681. The van der Waals surface area contributed by atoms with E-state index in [2.05, 4.69) is 15.3 Å². The summed E-state index contributed by atoms with van der Waals surface area (Å²) < 4.78 is 5.23. The Balaban J connectivity index is 2.22. The first-order chi connectivity index (χ1) is 8.83. The monoisotopic (exact) mass is 241 g/mol. The van der Waals surface area contributed by atoms with Crippen molar-refractivity contribution >= 4 is 17.7 Å². The van der Waals surface area contributed by atoms with Crippen molar-refractivity contribution < 1.29 is 4.74 Å². The van der Waals surface area contributed by atoms with Gasteiger partial charge in [0.1, 0.15) is 0 Å². The Kier molecular flexibility index (Phi) is 3.91. The standard InChI is InChI=1S/C14H15N3O/c1-15-14-13(18-2)8-12(10-17-14)16-9-11-6-4-3-5-7-11/h3-10H,1-2H3,(H,15,17). The predicted octanol–water partition coefficient (Wildman–Crippen LogP) is 2.88. The van der Waals surface area contributed by atoms with E-state index < -0.39 is 0 Å². The number of benzene rings is 1. The Morgan fingerprint density at radius 1 is 1.28 bits per heavy atom. The molecule has 0 aliphatic heterocycles. The molecule has 0 bridgehead atoms. The number of aromatic nitrogens is 1. The molecule has 0 aliphatic carbocycles. The molecule has 1 N–H and O–H groups in total. The van der Waals surface area contributed by atoms with Crippen LogP contribution < -0.4 is 10.1 Å². The Bertz CT molecular complexity index is 538. The molecule has 0 fully saturated rings. The quantitative estimate of drug-likeness (QED) is 0.837. The summed E-state index contributed by atoms with van der Waals surface area (Å²) in [6, 6.07) is 11.8. The smallest absolute Gasteiger partial charge is 0.168 e. The van der Waals surface area contributed by atoms with Crippen molar-refractivity contribution in [3.8, 4) is 5.75 Å². The van der Waals surface area contributed by atoms with Crippen molar-refractivity contribution in [2.45, 2.75) is 0 Å². The van der Waals surface area contributed by atoms with Crippen LogP contribution in [-0.2, 0) is 0 Å². The van der Waals surface area contributed by atoms with Crippen LogP contribution in [0, 0.1) is 0 Å². The molecule has 0 atom stereocenters. The van der Waals surface area contributed by atoms with Gasteiger partial charge in [-0.1, -0.05) is 30.3 Å². The molecular weight excluding hydrogens is 226 g/mol. The summed E-state index contributed by atoms with van der Waals surface area (Å²) in [6.07, 6.45) is 3.50. The number of nitrogens with one attached hydrogen (secondary N) is 1. The highest BCUT2D eigenvalue weighted by atomic mass is 16.5. The lowest BCUT2D eigenvalue weighted by Gasteiger charge is -2.06. The number of nitrogens with zero attached hydrogens (tertiary/aromatic N) is 2. The van der Waals surface area contributed by atoms with E-state index in [9.17, 15) is 0 Å². The third kappa shape index (κ3) is 2.85. The number of hydrogen-bond acceptors (Lipinski definition) is 4. The van der Waals surface area contributed by atoms with Crippen molar-refractivity contribution in [2.75, 3.05) is 19.5 Å². The molecule has 92 valence electrons. The fourth-order valence-corrected chi connectivity index (χ4v) is 1.54. The fraction of sp³-hybridized carbons (Fsp3) is 0.143. The molecule has 4 heteroatoms. The molecule has 0 saturated heterocycles. The van der Waals surface area contributed by atoms with Gasteiger partial charge in [-0.15, -0.1) is 0 Å². The molecule has 1 aromatic heterocycles. The average Bonchev–Trinajstić information content (AvgIpc) is 2.45. The normalized spacial score (nSPS) is 10.6. The molecule has 0 aliphatic rings. The molecule has 1 aromatic carbocycles. The number of pyridine rings is 1. The highest BCUT2D eigenvalue weighted by Crippen LogP contribution is 2.25. The average molecular weight is 241 g/mol. The summed E-state index contributed by atoms with van der Waals surface area (Å²) in [4.78, 5) is 8.60. The van der Waals surface area contributed by atoms with Gasteiger partial charge in [-0.2, -0.15) is 0 Å². The first-order valence-corrected chi connectivity index (χ1v) is 5.64. The molecule has 2 aromatic rings. The summed E-state index contributed by atoms with van der Waals surface area (Å²) in [7, 11) is 3.42. The van der Waals surface area contributed by atoms with E-state index >= 15 is 0 Å². The summed E-state index contributed by atoms with van der Waals surface area (Å²) in [5.74, 6) is 1.39. The van der Waals surface area contributed by atoms with Gasteiger partial charge in [0.05, 0.1) is 19.0 Å². The largest absolute Gasteiger partial charge is 0.493 e. The van der Waals surface area contributed by atoms with Gasteiger partial charge in [-0.25, -0.2) is 4.98 Å². The van der Waals surface area contributed by atoms with E-state index in [1.54, 1.807) is 26.6 Å². The molecule has 18 heavy (non-hydrogen) atoms. The zero-order valence-corrected chi connectivity index (χ0v) is 10.4. The second kappa shape index (κ2) is 5.82. The maximum Gasteiger partial charge on any atom is 0.168 e. The van der Waals surface area contributed by atoms with Crippen molar-refractivity contribution in [1.29, 1.82) is 0 Å². The van der Waals surface area contributed by atoms with Crippen molar-refractivity contribution in [3.63, 3.8) is 0 Å². The first-order valence-electron chi connectivity index (χ1n) is 5.64. The molecule has 0 amide bonds. The van der Waals surface area contributed by atoms with Gasteiger partial charge >= 0.3 is 0 Å². The lowest BCUT2D eigenvalue weighted by molar-refractivity contribution is 0.415. The topological polar surface area (TPSA) is 46.5 Å². The summed E-state index contributed by atoms with van der Waals surface area (Å²) in [5, 5.41) is 2.96. The van der Waals surface area contributed by atoms with Crippen LogP contribution in [0.2, 0.25) is 0 Å². The first kappa shape index (κ1) is 12.1. The van der Waals surface area contributed by atoms with Gasteiger partial charge in [0.25, 0.3) is 0 Å². The lowest BCUT2D eigenvalue weighted by atomic mass is 10.2. The third-order valence-electron chi connectivity index (χ3n) is 2.46. The summed E-state index contributed by atoms with van der Waals surface area (Å²) in [6.45, 7) is 0. The van der Waals surface area contributed by atoms with Crippen LogP contribution in [0.1, 0.15) is 5.56 Å². The van der Waals surface area contributed by atoms with E-state index in [0.717, 1.165) is 11.3 Å². The zero-order valence-electron chi connectivity index (χ0n) is 10.4. The third-order valence-corrected chi connectivity index (χ3v) is 2.46. The van der Waals surface area contributed by atoms with Crippen LogP contribution in [0.4, 0.5) is 11.5 Å². The molecular formula is C14H15N3O. The predicted molar refractivity (Wildman–Crippen MR) is 74.0 cm³/mol. The summed E-state index contributed by atoms with van der Waals surface area (Å²) in [5.41, 5.74) is 1.81. The molecule has 2 rings (SSSR count). The van der Waals surface area contributed by atoms with Crippen LogP contribution >= 0.6 is 0 Å². The molecule has 0 unspecified atom stereocenters. The van der Waals surface area contributed by atoms with Gasteiger partial charge in [-0.05, 0) is 5.56 Å². The molecule has 4 nitrogen and oxygen atoms in total. The van der Waals surface area contributed by atoms with Crippen LogP contribution in [-0.4, -0.2) is 25.4 Å². The number of hydrogen-bond donors (Lipinski definition) is 1. The van der Waals surface area contributed by atoms with Crippen LogP contribution in [0.5, 0.6) is 5.75 Å².